The van der Waals surface area contributed by atoms with Gasteiger partial charge in [-0.15, -0.1) is 0 Å². The summed E-state index contributed by atoms with van der Waals surface area (Å²) < 4.78 is 4.65. The van der Waals surface area contributed by atoms with Crippen molar-refractivity contribution in [3.63, 3.8) is 0 Å². The van der Waals surface area contributed by atoms with Crippen molar-refractivity contribution in [2.45, 2.75) is 13.1 Å². The maximum atomic E-state index is 11.8. The summed E-state index contributed by atoms with van der Waals surface area (Å²) in [4.78, 5) is 29.0. The van der Waals surface area contributed by atoms with Gasteiger partial charge in [0.25, 0.3) is 0 Å². The number of benzene rings is 2. The second kappa shape index (κ2) is 8.77. The lowest BCUT2D eigenvalue weighted by atomic mass is 10.1. The molecule has 0 aliphatic heterocycles. The number of esters is 1. The third-order valence-corrected chi connectivity index (χ3v) is 4.20. The lowest BCUT2D eigenvalue weighted by Gasteiger charge is -2.24. The van der Waals surface area contributed by atoms with Crippen molar-refractivity contribution in [1.82, 2.24) is 4.98 Å². The summed E-state index contributed by atoms with van der Waals surface area (Å²) in [5, 5.41) is 11.7. The predicted octanol–water partition coefficient (Wildman–Crippen LogP) is 3.98. The van der Waals surface area contributed by atoms with Gasteiger partial charge in [0.2, 0.25) is 5.82 Å². The number of hydrogen-bond donors (Lipinski definition) is 0. The van der Waals surface area contributed by atoms with Crippen molar-refractivity contribution in [3.05, 3.63) is 99.7 Å². The quantitative estimate of drug-likeness (QED) is 0.352. The molecular formula is C21H19N3O4. The molecule has 0 atom stereocenters. The van der Waals surface area contributed by atoms with Crippen LogP contribution in [0.25, 0.3) is 0 Å². The Kier molecular flexibility index (Phi) is 5.96. The Bertz CT molecular complexity index is 920. The number of ether oxygens (including phenoxy) is 1. The molecule has 0 radical (unpaired) electrons. The minimum atomic E-state index is -0.667. The average Bonchev–Trinajstić information content (AvgIpc) is 2.73. The molecule has 1 heterocycles. The third-order valence-electron chi connectivity index (χ3n) is 4.20. The van der Waals surface area contributed by atoms with E-state index in [1.807, 2.05) is 65.6 Å². The number of aromatic nitrogens is 1. The highest BCUT2D eigenvalue weighted by Gasteiger charge is 2.24. The molecule has 0 bridgehead atoms. The molecular weight excluding hydrogens is 358 g/mol. The van der Waals surface area contributed by atoms with E-state index in [1.54, 1.807) is 0 Å². The van der Waals surface area contributed by atoms with E-state index in [2.05, 4.69) is 9.72 Å². The van der Waals surface area contributed by atoms with Gasteiger partial charge in [-0.1, -0.05) is 60.7 Å². The summed E-state index contributed by atoms with van der Waals surface area (Å²) in [5.74, 6) is -0.467. The summed E-state index contributed by atoms with van der Waals surface area (Å²) in [7, 11) is 1.22. The highest BCUT2D eigenvalue weighted by Crippen LogP contribution is 2.29. The monoisotopic (exact) mass is 377 g/mol. The van der Waals surface area contributed by atoms with Crippen molar-refractivity contribution in [1.29, 1.82) is 0 Å². The lowest BCUT2D eigenvalue weighted by Crippen LogP contribution is -2.24. The van der Waals surface area contributed by atoms with Crippen LogP contribution in [-0.4, -0.2) is 23.0 Å². The number of nitro groups is 1. The minimum absolute atomic E-state index is 0.0392. The van der Waals surface area contributed by atoms with E-state index in [-0.39, 0.29) is 17.1 Å². The fraction of sp³-hybridized carbons (Fsp3) is 0.143. The molecule has 3 aromatic rings. The van der Waals surface area contributed by atoms with Crippen molar-refractivity contribution in [3.8, 4) is 0 Å². The van der Waals surface area contributed by atoms with Crippen LogP contribution < -0.4 is 4.90 Å². The molecule has 0 saturated carbocycles. The van der Waals surface area contributed by atoms with Gasteiger partial charge in [0.05, 0.1) is 17.6 Å². The molecule has 0 aliphatic carbocycles. The minimum Gasteiger partial charge on any atom is -0.465 e. The number of pyridine rings is 1. The number of hydrogen-bond acceptors (Lipinski definition) is 6. The van der Waals surface area contributed by atoms with E-state index in [9.17, 15) is 14.9 Å². The Labute approximate surface area is 162 Å². The molecule has 0 spiro atoms. The molecule has 3 rings (SSSR count). The molecule has 7 nitrogen and oxygen atoms in total. The number of rotatable bonds is 7. The number of nitrogens with zero attached hydrogens (tertiary/aromatic N) is 3. The average molecular weight is 377 g/mol. The van der Waals surface area contributed by atoms with Crippen LogP contribution in [0.4, 0.5) is 11.5 Å². The van der Waals surface area contributed by atoms with Crippen LogP contribution in [0.3, 0.4) is 0 Å². The molecule has 2 aromatic carbocycles. The first kappa shape index (κ1) is 19.0. The van der Waals surface area contributed by atoms with Gasteiger partial charge in [-0.3, -0.25) is 10.1 Å². The fourth-order valence-electron chi connectivity index (χ4n) is 2.87. The van der Waals surface area contributed by atoms with Gasteiger partial charge < -0.3 is 9.64 Å². The van der Waals surface area contributed by atoms with Crippen LogP contribution in [0, 0.1) is 10.1 Å². The van der Waals surface area contributed by atoms with Crippen LogP contribution in [0.15, 0.2) is 72.9 Å². The molecule has 0 saturated heterocycles. The summed E-state index contributed by atoms with van der Waals surface area (Å²) in [5.41, 5.74) is 1.78. The predicted molar refractivity (Wildman–Crippen MR) is 105 cm³/mol. The summed E-state index contributed by atoms with van der Waals surface area (Å²) >= 11 is 0. The largest absolute Gasteiger partial charge is 0.465 e. The Morgan fingerprint density at radius 2 is 1.57 bits per heavy atom. The zero-order valence-corrected chi connectivity index (χ0v) is 15.3. The van der Waals surface area contributed by atoms with Gasteiger partial charge in [-0.05, 0) is 11.1 Å². The van der Waals surface area contributed by atoms with Crippen LogP contribution in [-0.2, 0) is 17.8 Å². The highest BCUT2D eigenvalue weighted by molar-refractivity contribution is 5.90. The maximum Gasteiger partial charge on any atom is 0.339 e. The van der Waals surface area contributed by atoms with Crippen LogP contribution in [0.2, 0.25) is 0 Å². The smallest absolute Gasteiger partial charge is 0.339 e. The first-order chi connectivity index (χ1) is 13.6. The fourth-order valence-corrected chi connectivity index (χ4v) is 2.87. The van der Waals surface area contributed by atoms with E-state index in [1.165, 1.54) is 19.4 Å². The van der Waals surface area contributed by atoms with Gasteiger partial charge in [0.1, 0.15) is 0 Å². The standard InChI is InChI=1S/C21H19N3O4/c1-28-21(25)18-12-19(24(26)27)20(22-13-18)23(14-16-8-4-2-5-9-16)15-17-10-6-3-7-11-17/h2-13H,14-15H2,1H3. The van der Waals surface area contributed by atoms with Crippen molar-refractivity contribution < 1.29 is 14.5 Å². The van der Waals surface area contributed by atoms with Crippen molar-refractivity contribution in [2.24, 2.45) is 0 Å². The normalized spacial score (nSPS) is 10.3. The van der Waals surface area contributed by atoms with E-state index in [0.29, 0.717) is 13.1 Å². The number of methoxy groups -OCH3 is 1. The molecule has 0 amide bonds. The van der Waals surface area contributed by atoms with Gasteiger partial charge in [-0.2, -0.15) is 0 Å². The van der Waals surface area contributed by atoms with Crippen LogP contribution >= 0.6 is 0 Å². The number of anilines is 1. The van der Waals surface area contributed by atoms with Gasteiger partial charge in [-0.25, -0.2) is 9.78 Å². The second-order valence-corrected chi connectivity index (χ2v) is 6.14. The van der Waals surface area contributed by atoms with Gasteiger partial charge in [0.15, 0.2) is 0 Å². The number of carbonyl (C=O) groups is 1. The maximum absolute atomic E-state index is 11.8. The lowest BCUT2D eigenvalue weighted by molar-refractivity contribution is -0.384. The van der Waals surface area contributed by atoms with Crippen molar-refractivity contribution >= 4 is 17.5 Å². The summed E-state index contributed by atoms with van der Waals surface area (Å²) in [6.07, 6.45) is 1.30. The Balaban J connectivity index is 2.03. The topological polar surface area (TPSA) is 85.6 Å². The SMILES string of the molecule is COC(=O)c1cnc(N(Cc2ccccc2)Cc2ccccc2)c([N+](=O)[O-])c1. The summed E-state index contributed by atoms with van der Waals surface area (Å²) in [6.45, 7) is 0.863. The Hall–Kier alpha value is -3.74. The Morgan fingerprint density at radius 3 is 2.04 bits per heavy atom. The van der Waals surface area contributed by atoms with Crippen LogP contribution in [0.1, 0.15) is 21.5 Å². The van der Waals surface area contributed by atoms with Crippen molar-refractivity contribution in [2.75, 3.05) is 12.0 Å². The van der Waals surface area contributed by atoms with Gasteiger partial charge in [0, 0.05) is 25.4 Å². The third kappa shape index (κ3) is 4.50. The van der Waals surface area contributed by atoms with E-state index < -0.39 is 10.9 Å². The van der Waals surface area contributed by atoms with E-state index >= 15 is 0 Å². The summed E-state index contributed by atoms with van der Waals surface area (Å²) in [6, 6.07) is 20.5. The Morgan fingerprint density at radius 1 is 1.04 bits per heavy atom. The molecule has 0 fully saturated rings. The van der Waals surface area contributed by atoms with Crippen LogP contribution in [0.5, 0.6) is 0 Å². The first-order valence-corrected chi connectivity index (χ1v) is 8.64. The molecule has 7 heteroatoms. The molecule has 0 unspecified atom stereocenters. The molecule has 1 aromatic heterocycles. The molecule has 0 aliphatic rings. The molecule has 0 N–H and O–H groups in total. The zero-order chi connectivity index (χ0) is 19.9. The molecule has 28 heavy (non-hydrogen) atoms. The van der Waals surface area contributed by atoms with Gasteiger partial charge >= 0.3 is 11.7 Å². The number of carbonyl (C=O) groups excluding carboxylic acids is 1. The molecule has 142 valence electrons. The second-order valence-electron chi connectivity index (χ2n) is 6.14. The van der Waals surface area contributed by atoms with E-state index in [0.717, 1.165) is 11.1 Å². The first-order valence-electron chi connectivity index (χ1n) is 8.64. The zero-order valence-electron chi connectivity index (χ0n) is 15.3. The van der Waals surface area contributed by atoms with E-state index in [4.69, 9.17) is 0 Å². The highest BCUT2D eigenvalue weighted by atomic mass is 16.6.